The maximum Gasteiger partial charge on any atom is 0.275 e. The number of primary amides is 1. The summed E-state index contributed by atoms with van der Waals surface area (Å²) in [4.78, 5) is 44.0. The van der Waals surface area contributed by atoms with Crippen molar-refractivity contribution >= 4 is 46.1 Å². The van der Waals surface area contributed by atoms with Crippen LogP contribution in [0, 0.1) is 0 Å². The quantitative estimate of drug-likeness (QED) is 0.455. The van der Waals surface area contributed by atoms with E-state index in [0.717, 1.165) is 5.01 Å². The van der Waals surface area contributed by atoms with Gasteiger partial charge in [-0.1, -0.05) is 0 Å². The number of rotatable bonds is 8. The lowest BCUT2D eigenvalue weighted by molar-refractivity contribution is 0.0708. The van der Waals surface area contributed by atoms with Crippen LogP contribution in [0.15, 0.2) is 29.0 Å². The maximum atomic E-state index is 13.3. The maximum absolute atomic E-state index is 13.3. The number of ether oxygens (including phenoxy) is 3. The van der Waals surface area contributed by atoms with Crippen molar-refractivity contribution in [1.29, 1.82) is 0 Å². The van der Waals surface area contributed by atoms with Crippen LogP contribution in [0.1, 0.15) is 54.3 Å². The van der Waals surface area contributed by atoms with Gasteiger partial charge in [0.15, 0.2) is 11.5 Å². The van der Waals surface area contributed by atoms with Gasteiger partial charge in [-0.15, -0.1) is 22.7 Å². The van der Waals surface area contributed by atoms with Crippen LogP contribution >= 0.6 is 22.7 Å². The molecule has 4 rings (SSSR count). The zero-order chi connectivity index (χ0) is 25.8. The van der Waals surface area contributed by atoms with Gasteiger partial charge in [0, 0.05) is 24.4 Å². The average molecular weight is 531 g/mol. The molecule has 1 aliphatic heterocycles. The summed E-state index contributed by atoms with van der Waals surface area (Å²) in [7, 11) is 4.51. The van der Waals surface area contributed by atoms with Crippen molar-refractivity contribution in [2.75, 3.05) is 39.7 Å². The molecule has 3 N–H and O–H groups in total. The van der Waals surface area contributed by atoms with Crippen molar-refractivity contribution in [3.63, 3.8) is 0 Å². The van der Waals surface area contributed by atoms with E-state index < -0.39 is 11.8 Å². The van der Waals surface area contributed by atoms with Gasteiger partial charge in [-0.2, -0.15) is 0 Å². The SMILES string of the molecule is COc1ccc(C(=O)N2CCC(c3nc(C(=O)Nc4ccsc4C(N)=O)cs3)CC2)c(OC)c1OC. The van der Waals surface area contributed by atoms with Crippen LogP contribution in [0.3, 0.4) is 0 Å². The number of methoxy groups -OCH3 is 3. The normalized spacial score (nSPS) is 13.8. The summed E-state index contributed by atoms with van der Waals surface area (Å²) in [6.07, 6.45) is 1.43. The Hall–Kier alpha value is -3.64. The molecule has 3 amide bonds. The minimum atomic E-state index is -0.591. The summed E-state index contributed by atoms with van der Waals surface area (Å²) < 4.78 is 16.2. The van der Waals surface area contributed by atoms with Crippen molar-refractivity contribution in [3.05, 3.63) is 50.1 Å². The number of piperidine rings is 1. The largest absolute Gasteiger partial charge is 0.493 e. The van der Waals surface area contributed by atoms with Gasteiger partial charge >= 0.3 is 0 Å². The predicted molar refractivity (Wildman–Crippen MR) is 137 cm³/mol. The lowest BCUT2D eigenvalue weighted by Gasteiger charge is -2.31. The van der Waals surface area contributed by atoms with E-state index in [1.54, 1.807) is 33.9 Å². The standard InChI is InChI=1S/C24H26N4O6S2/c1-32-17-5-4-14(18(33-2)19(17)34-3)24(31)28-9-6-13(7-10-28)23-27-16(12-36-23)22(30)26-15-8-11-35-20(15)21(25)29/h4-5,8,11-13H,6-7,9-10H2,1-3H3,(H2,25,29)(H,26,30). The molecule has 0 unspecified atom stereocenters. The molecule has 0 spiro atoms. The summed E-state index contributed by atoms with van der Waals surface area (Å²) in [5, 5.41) is 6.94. The van der Waals surface area contributed by atoms with Gasteiger partial charge in [-0.3, -0.25) is 14.4 Å². The molecular formula is C24H26N4O6S2. The van der Waals surface area contributed by atoms with E-state index in [9.17, 15) is 14.4 Å². The van der Waals surface area contributed by atoms with Gasteiger partial charge in [-0.05, 0) is 36.4 Å². The van der Waals surface area contributed by atoms with Gasteiger partial charge < -0.3 is 30.2 Å². The highest BCUT2D eigenvalue weighted by atomic mass is 32.1. The van der Waals surface area contributed by atoms with Gasteiger partial charge in [0.05, 0.1) is 37.6 Å². The number of carbonyl (C=O) groups excluding carboxylic acids is 3. The number of thiophene rings is 1. The number of carbonyl (C=O) groups is 3. The van der Waals surface area contributed by atoms with Crippen LogP contribution in [0.2, 0.25) is 0 Å². The number of nitrogens with one attached hydrogen (secondary N) is 1. The number of thiazole rings is 1. The first-order valence-corrected chi connectivity index (χ1v) is 12.9. The molecule has 2 aromatic heterocycles. The Balaban J connectivity index is 1.41. The highest BCUT2D eigenvalue weighted by Crippen LogP contribution is 2.41. The number of hydrogen-bond acceptors (Lipinski definition) is 9. The van der Waals surface area contributed by atoms with E-state index in [0.29, 0.717) is 59.3 Å². The Kier molecular flexibility index (Phi) is 7.75. The number of hydrogen-bond donors (Lipinski definition) is 2. The molecule has 10 nitrogen and oxygen atoms in total. The number of anilines is 1. The zero-order valence-corrected chi connectivity index (χ0v) is 21.7. The van der Waals surface area contributed by atoms with Crippen molar-refractivity contribution in [1.82, 2.24) is 9.88 Å². The van der Waals surface area contributed by atoms with Gasteiger partial charge in [0.2, 0.25) is 5.75 Å². The molecule has 3 aromatic rings. The summed E-state index contributed by atoms with van der Waals surface area (Å²) in [5.74, 6) is 0.196. The van der Waals surface area contributed by atoms with Crippen molar-refractivity contribution in [2.45, 2.75) is 18.8 Å². The Morgan fingerprint density at radius 2 is 1.75 bits per heavy atom. The van der Waals surface area contributed by atoms with Crippen LogP contribution < -0.4 is 25.3 Å². The molecule has 0 radical (unpaired) electrons. The lowest BCUT2D eigenvalue weighted by Crippen LogP contribution is -2.38. The zero-order valence-electron chi connectivity index (χ0n) is 20.0. The van der Waals surface area contributed by atoms with Crippen molar-refractivity contribution in [3.8, 4) is 17.2 Å². The summed E-state index contributed by atoms with van der Waals surface area (Å²) in [6, 6.07) is 5.00. The summed E-state index contributed by atoms with van der Waals surface area (Å²) in [6.45, 7) is 1.08. The molecule has 36 heavy (non-hydrogen) atoms. The minimum Gasteiger partial charge on any atom is -0.493 e. The fourth-order valence-electron chi connectivity index (χ4n) is 4.13. The Labute approximate surface area is 216 Å². The average Bonchev–Trinajstić information content (AvgIpc) is 3.57. The molecule has 0 bridgehead atoms. The lowest BCUT2D eigenvalue weighted by atomic mass is 9.97. The van der Waals surface area contributed by atoms with Crippen LogP contribution in [-0.2, 0) is 0 Å². The molecule has 12 heteroatoms. The fourth-order valence-corrected chi connectivity index (χ4v) is 5.81. The summed E-state index contributed by atoms with van der Waals surface area (Å²) in [5.41, 5.74) is 6.42. The predicted octanol–water partition coefficient (Wildman–Crippen LogP) is 3.60. The molecular weight excluding hydrogens is 504 g/mol. The van der Waals surface area contributed by atoms with Crippen LogP contribution in [0.25, 0.3) is 0 Å². The van der Waals surface area contributed by atoms with Crippen LogP contribution in [0.4, 0.5) is 5.69 Å². The third kappa shape index (κ3) is 5.00. The van der Waals surface area contributed by atoms with E-state index in [4.69, 9.17) is 19.9 Å². The smallest absolute Gasteiger partial charge is 0.275 e. The Morgan fingerprint density at radius 1 is 1.03 bits per heavy atom. The molecule has 0 atom stereocenters. The van der Waals surface area contributed by atoms with Gasteiger partial charge in [0.25, 0.3) is 17.7 Å². The van der Waals surface area contributed by atoms with Gasteiger partial charge in [0.1, 0.15) is 10.6 Å². The number of benzene rings is 1. The molecule has 190 valence electrons. The second-order valence-corrected chi connectivity index (χ2v) is 9.81. The highest BCUT2D eigenvalue weighted by molar-refractivity contribution is 7.12. The van der Waals surface area contributed by atoms with Gasteiger partial charge in [-0.25, -0.2) is 4.98 Å². The second-order valence-electron chi connectivity index (χ2n) is 8.00. The van der Waals surface area contributed by atoms with Crippen molar-refractivity contribution < 1.29 is 28.6 Å². The molecule has 3 heterocycles. The van der Waals surface area contributed by atoms with Crippen molar-refractivity contribution in [2.24, 2.45) is 5.73 Å². The third-order valence-corrected chi connectivity index (χ3v) is 7.89. The molecule has 0 aliphatic carbocycles. The van der Waals surface area contributed by atoms with Crippen LogP contribution in [0.5, 0.6) is 17.2 Å². The van der Waals surface area contributed by atoms with E-state index in [2.05, 4.69) is 10.3 Å². The third-order valence-electron chi connectivity index (χ3n) is 5.96. The molecule has 1 aromatic carbocycles. The first-order valence-electron chi connectivity index (χ1n) is 11.1. The number of likely N-dealkylation sites (tertiary alicyclic amines) is 1. The molecule has 1 saturated heterocycles. The van der Waals surface area contributed by atoms with E-state index in [1.807, 2.05) is 0 Å². The number of nitrogens with two attached hydrogens (primary N) is 1. The van der Waals surface area contributed by atoms with E-state index in [1.165, 1.54) is 44.0 Å². The first kappa shape index (κ1) is 25.5. The number of aromatic nitrogens is 1. The van der Waals surface area contributed by atoms with E-state index >= 15 is 0 Å². The Bertz CT molecular complexity index is 1280. The second kappa shape index (κ2) is 11.0. The first-order chi connectivity index (χ1) is 17.4. The van der Waals surface area contributed by atoms with E-state index in [-0.39, 0.29) is 17.5 Å². The fraction of sp³-hybridized carbons (Fsp3) is 0.333. The minimum absolute atomic E-state index is 0.134. The number of nitrogens with zero attached hydrogens (tertiary/aromatic N) is 2. The molecule has 1 aliphatic rings. The molecule has 0 saturated carbocycles. The summed E-state index contributed by atoms with van der Waals surface area (Å²) >= 11 is 2.58. The Morgan fingerprint density at radius 3 is 2.39 bits per heavy atom. The monoisotopic (exact) mass is 530 g/mol. The number of amides is 3. The molecule has 1 fully saturated rings. The van der Waals surface area contributed by atoms with Crippen LogP contribution in [-0.4, -0.2) is 62.0 Å². The highest BCUT2D eigenvalue weighted by Gasteiger charge is 2.30. The topological polar surface area (TPSA) is 133 Å².